The molecule has 1 aromatic heterocycles. The number of benzene rings is 8. The molecule has 0 saturated heterocycles. The van der Waals surface area contributed by atoms with Gasteiger partial charge in [-0.2, -0.15) is 0 Å². The lowest BCUT2D eigenvalue weighted by Crippen LogP contribution is -2.61. The molecule has 52 heavy (non-hydrogen) atoms. The Hall–Kier alpha value is -6.78. The monoisotopic (exact) mass is 661 g/mol. The number of hydrogen-bond donors (Lipinski definition) is 0. The van der Waals surface area contributed by atoms with Crippen molar-refractivity contribution in [3.8, 4) is 16.8 Å². The Balaban J connectivity index is 1.14. The molecule has 0 unspecified atom stereocenters. The van der Waals surface area contributed by atoms with Crippen LogP contribution in [0, 0.1) is 0 Å². The Bertz CT molecular complexity index is 2750. The number of anilines is 6. The van der Waals surface area contributed by atoms with Gasteiger partial charge in [0, 0.05) is 56.1 Å². The third-order valence-electron chi connectivity index (χ3n) is 11.0. The van der Waals surface area contributed by atoms with Crippen LogP contribution in [0.3, 0.4) is 0 Å². The Labute approximate surface area is 303 Å². The van der Waals surface area contributed by atoms with E-state index in [0.717, 1.165) is 17.1 Å². The first-order valence-corrected chi connectivity index (χ1v) is 18.0. The van der Waals surface area contributed by atoms with Gasteiger partial charge in [-0.3, -0.25) is 0 Å². The Morgan fingerprint density at radius 1 is 0.346 bits per heavy atom. The zero-order valence-electron chi connectivity index (χ0n) is 28.4. The Kier molecular flexibility index (Phi) is 6.35. The van der Waals surface area contributed by atoms with Crippen molar-refractivity contribution in [1.82, 2.24) is 4.57 Å². The van der Waals surface area contributed by atoms with Crippen LogP contribution in [0.15, 0.2) is 194 Å². The molecular formula is C48H32BN3. The maximum atomic E-state index is 2.50. The smallest absolute Gasteiger partial charge is 0.252 e. The number of hydrogen-bond acceptors (Lipinski definition) is 2. The zero-order chi connectivity index (χ0) is 34.2. The van der Waals surface area contributed by atoms with Gasteiger partial charge in [0.2, 0.25) is 0 Å². The van der Waals surface area contributed by atoms with E-state index in [1.54, 1.807) is 0 Å². The average Bonchev–Trinajstić information content (AvgIpc) is 3.56. The van der Waals surface area contributed by atoms with Crippen molar-refractivity contribution in [3.05, 3.63) is 194 Å². The first-order valence-electron chi connectivity index (χ1n) is 18.0. The summed E-state index contributed by atoms with van der Waals surface area (Å²) >= 11 is 0. The van der Waals surface area contributed by atoms with Crippen LogP contribution in [0.4, 0.5) is 34.1 Å². The SMILES string of the molecule is c1ccc(N2c3ccccc3B3c4cccc(-c5ccc(-n6c7ccccc7c7ccccc76)cc5)c4N(c4ccccc4)c4cccc2c43)cc1. The van der Waals surface area contributed by atoms with Crippen molar-refractivity contribution in [3.63, 3.8) is 0 Å². The summed E-state index contributed by atoms with van der Waals surface area (Å²) in [6.45, 7) is 0.0779. The van der Waals surface area contributed by atoms with Gasteiger partial charge in [0.15, 0.2) is 0 Å². The van der Waals surface area contributed by atoms with Crippen molar-refractivity contribution in [2.45, 2.75) is 0 Å². The average molecular weight is 662 g/mol. The lowest BCUT2D eigenvalue weighted by Gasteiger charge is -2.44. The summed E-state index contributed by atoms with van der Waals surface area (Å²) in [5, 5.41) is 2.55. The van der Waals surface area contributed by atoms with Crippen LogP contribution >= 0.6 is 0 Å². The van der Waals surface area contributed by atoms with E-state index in [1.165, 1.54) is 72.1 Å². The van der Waals surface area contributed by atoms with E-state index >= 15 is 0 Å². The molecule has 3 heterocycles. The molecule has 3 nitrogen and oxygen atoms in total. The van der Waals surface area contributed by atoms with Crippen LogP contribution in [0.25, 0.3) is 38.6 Å². The van der Waals surface area contributed by atoms with Crippen LogP contribution in [-0.4, -0.2) is 11.3 Å². The van der Waals surface area contributed by atoms with Gasteiger partial charge in [0.25, 0.3) is 6.71 Å². The van der Waals surface area contributed by atoms with Crippen molar-refractivity contribution in [2.24, 2.45) is 0 Å². The topological polar surface area (TPSA) is 11.4 Å². The summed E-state index contributed by atoms with van der Waals surface area (Å²) in [4.78, 5) is 4.94. The highest BCUT2D eigenvalue weighted by molar-refractivity contribution is 7.00. The first-order chi connectivity index (χ1) is 25.8. The van der Waals surface area contributed by atoms with E-state index in [0.29, 0.717) is 0 Å². The molecule has 11 rings (SSSR count). The predicted octanol–water partition coefficient (Wildman–Crippen LogP) is 10.5. The second-order valence-electron chi connectivity index (χ2n) is 13.7. The van der Waals surface area contributed by atoms with Crippen LogP contribution in [-0.2, 0) is 0 Å². The molecule has 2 aliphatic rings. The van der Waals surface area contributed by atoms with Gasteiger partial charge in [0.05, 0.1) is 11.0 Å². The summed E-state index contributed by atoms with van der Waals surface area (Å²) in [5.74, 6) is 0. The highest BCUT2D eigenvalue weighted by Crippen LogP contribution is 2.46. The highest BCUT2D eigenvalue weighted by atomic mass is 15.2. The minimum absolute atomic E-state index is 0.0779. The third-order valence-corrected chi connectivity index (χ3v) is 11.0. The van der Waals surface area contributed by atoms with Gasteiger partial charge < -0.3 is 14.4 Å². The molecular weight excluding hydrogens is 629 g/mol. The standard InChI is InChI=1S/C48H32BN3/c1-3-15-34(16-4-1)51-44-26-12-9-22-40(44)49-41-23-13-21-37(48(41)52(35-17-5-2-6-18-35)46-28-14-27-45(51)47(46)49)33-29-31-36(32-30-33)50-42-24-10-7-19-38(42)39-20-8-11-25-43(39)50/h1-32H. The molecule has 0 amide bonds. The summed E-state index contributed by atoms with van der Waals surface area (Å²) in [7, 11) is 0. The molecule has 0 atom stereocenters. The number of fused-ring (bicyclic) bond motifs is 7. The molecule has 4 heteroatoms. The fraction of sp³-hybridized carbons (Fsp3) is 0. The lowest BCUT2D eigenvalue weighted by molar-refractivity contribution is 1.18. The molecule has 0 fully saturated rings. The second-order valence-corrected chi connectivity index (χ2v) is 13.7. The van der Waals surface area contributed by atoms with Crippen LogP contribution in [0.2, 0.25) is 0 Å². The van der Waals surface area contributed by atoms with E-state index in [4.69, 9.17) is 0 Å². The van der Waals surface area contributed by atoms with Crippen molar-refractivity contribution >= 4 is 79.0 Å². The van der Waals surface area contributed by atoms with E-state index in [2.05, 4.69) is 208 Å². The van der Waals surface area contributed by atoms with E-state index in [-0.39, 0.29) is 6.71 Å². The number of rotatable bonds is 4. The molecule has 0 radical (unpaired) electrons. The van der Waals surface area contributed by atoms with Crippen LogP contribution in [0.1, 0.15) is 0 Å². The zero-order valence-corrected chi connectivity index (χ0v) is 28.4. The minimum atomic E-state index is 0.0779. The molecule has 8 aromatic carbocycles. The number of para-hydroxylation sites is 6. The lowest BCUT2D eigenvalue weighted by atomic mass is 9.33. The van der Waals surface area contributed by atoms with Gasteiger partial charge in [-0.25, -0.2) is 0 Å². The molecule has 242 valence electrons. The summed E-state index contributed by atoms with van der Waals surface area (Å²) in [6, 6.07) is 70.9. The summed E-state index contributed by atoms with van der Waals surface area (Å²) in [5.41, 5.74) is 17.2. The Morgan fingerprint density at radius 2 is 0.865 bits per heavy atom. The maximum Gasteiger partial charge on any atom is 0.252 e. The van der Waals surface area contributed by atoms with Crippen LogP contribution in [0.5, 0.6) is 0 Å². The molecule has 0 spiro atoms. The van der Waals surface area contributed by atoms with E-state index < -0.39 is 0 Å². The summed E-state index contributed by atoms with van der Waals surface area (Å²) in [6.07, 6.45) is 0. The van der Waals surface area contributed by atoms with Gasteiger partial charge in [-0.1, -0.05) is 127 Å². The molecule has 9 aromatic rings. The largest absolute Gasteiger partial charge is 0.311 e. The van der Waals surface area contributed by atoms with Gasteiger partial charge >= 0.3 is 0 Å². The Morgan fingerprint density at radius 3 is 1.56 bits per heavy atom. The summed E-state index contributed by atoms with van der Waals surface area (Å²) < 4.78 is 2.39. The van der Waals surface area contributed by atoms with Crippen molar-refractivity contribution in [1.29, 1.82) is 0 Å². The van der Waals surface area contributed by atoms with Crippen molar-refractivity contribution in [2.75, 3.05) is 9.80 Å². The van der Waals surface area contributed by atoms with Gasteiger partial charge in [0.1, 0.15) is 0 Å². The number of nitrogens with zero attached hydrogens (tertiary/aromatic N) is 3. The van der Waals surface area contributed by atoms with E-state index in [1.807, 2.05) is 0 Å². The number of aromatic nitrogens is 1. The second kappa shape index (κ2) is 11.4. The molecule has 2 aliphatic heterocycles. The van der Waals surface area contributed by atoms with E-state index in [9.17, 15) is 0 Å². The normalized spacial score (nSPS) is 12.9. The maximum absolute atomic E-state index is 2.50. The molecule has 0 saturated carbocycles. The quantitative estimate of drug-likeness (QED) is 0.174. The van der Waals surface area contributed by atoms with Gasteiger partial charge in [-0.15, -0.1) is 0 Å². The molecule has 0 aliphatic carbocycles. The fourth-order valence-corrected chi connectivity index (χ4v) is 8.86. The highest BCUT2D eigenvalue weighted by Gasteiger charge is 2.43. The fourth-order valence-electron chi connectivity index (χ4n) is 8.86. The van der Waals surface area contributed by atoms with Crippen LogP contribution < -0.4 is 26.2 Å². The van der Waals surface area contributed by atoms with Crippen molar-refractivity contribution < 1.29 is 0 Å². The van der Waals surface area contributed by atoms with Gasteiger partial charge in [-0.05, 0) is 88.7 Å². The third kappa shape index (κ3) is 4.15. The molecule has 0 bridgehead atoms. The molecule has 0 N–H and O–H groups in total. The minimum Gasteiger partial charge on any atom is -0.311 e. The first kappa shape index (κ1) is 29.0. The predicted molar refractivity (Wildman–Crippen MR) is 220 cm³/mol.